The Hall–Kier alpha value is -2.25. The lowest BCUT2D eigenvalue weighted by atomic mass is 10.1. The molecule has 8 heteroatoms. The van der Waals surface area contributed by atoms with E-state index in [1.807, 2.05) is 48.5 Å². The molecule has 0 N–H and O–H groups in total. The zero-order valence-electron chi connectivity index (χ0n) is 18.0. The maximum atomic E-state index is 12.8. The molecule has 1 aliphatic heterocycles. The van der Waals surface area contributed by atoms with E-state index in [0.29, 0.717) is 50.3 Å². The standard InChI is InChI=1S/C26H20BrCl2NO3S/c27-21-13-19(14-22(29)24(21)33-16-18-8-10-20(28)11-9-18)15-23-25(31)30(26(32)34-23)12-4-7-17-5-2-1-3-6-17/h1-3,5-6,8-11,13-15H,4,7,12,16H2/b23-15+. The summed E-state index contributed by atoms with van der Waals surface area (Å²) in [4.78, 5) is 26.9. The Morgan fingerprint density at radius 1 is 0.971 bits per heavy atom. The number of thioether (sulfide) groups is 1. The number of nitrogens with zero attached hydrogens (tertiary/aromatic N) is 1. The Bertz CT molecular complexity index is 1210. The zero-order chi connectivity index (χ0) is 24.1. The van der Waals surface area contributed by atoms with Gasteiger partial charge >= 0.3 is 0 Å². The highest BCUT2D eigenvalue weighted by Gasteiger charge is 2.34. The second kappa shape index (κ2) is 11.5. The normalized spacial score (nSPS) is 14.8. The summed E-state index contributed by atoms with van der Waals surface area (Å²) >= 11 is 16.8. The Kier molecular flexibility index (Phi) is 8.37. The highest BCUT2D eigenvalue weighted by atomic mass is 79.9. The predicted molar refractivity (Wildman–Crippen MR) is 142 cm³/mol. The third kappa shape index (κ3) is 6.25. The number of amides is 2. The summed E-state index contributed by atoms with van der Waals surface area (Å²) in [5.74, 6) is 0.223. The molecule has 1 aliphatic rings. The smallest absolute Gasteiger partial charge is 0.293 e. The SMILES string of the molecule is O=C1S/C(=C/c2cc(Cl)c(OCc3ccc(Cl)cc3)c(Br)c2)C(=O)N1CCCc1ccccc1. The van der Waals surface area contributed by atoms with Crippen LogP contribution in [0.15, 0.2) is 76.1 Å². The Labute approximate surface area is 221 Å². The van der Waals surface area contributed by atoms with Crippen molar-refractivity contribution in [3.8, 4) is 5.75 Å². The molecule has 4 nitrogen and oxygen atoms in total. The minimum atomic E-state index is -0.279. The summed E-state index contributed by atoms with van der Waals surface area (Å²) in [6.45, 7) is 0.718. The maximum absolute atomic E-state index is 12.8. The zero-order valence-corrected chi connectivity index (χ0v) is 21.9. The molecule has 4 rings (SSSR count). The molecule has 0 aliphatic carbocycles. The largest absolute Gasteiger partial charge is 0.486 e. The molecule has 174 valence electrons. The third-order valence-corrected chi connectivity index (χ3v) is 7.21. The van der Waals surface area contributed by atoms with Crippen molar-refractivity contribution in [3.05, 3.63) is 103 Å². The molecular formula is C26H20BrCl2NO3S. The van der Waals surface area contributed by atoms with Gasteiger partial charge in [-0.25, -0.2) is 0 Å². The predicted octanol–water partition coefficient (Wildman–Crippen LogP) is 8.00. The van der Waals surface area contributed by atoms with E-state index in [0.717, 1.165) is 23.7 Å². The van der Waals surface area contributed by atoms with Crippen molar-refractivity contribution in [1.82, 2.24) is 4.90 Å². The first-order valence-electron chi connectivity index (χ1n) is 10.6. The van der Waals surface area contributed by atoms with Gasteiger partial charge in [-0.05, 0) is 87.6 Å². The number of halogens is 3. The Morgan fingerprint density at radius 2 is 1.71 bits per heavy atom. The van der Waals surface area contributed by atoms with Crippen LogP contribution >= 0.6 is 50.9 Å². The van der Waals surface area contributed by atoms with Crippen LogP contribution in [-0.2, 0) is 17.8 Å². The number of imide groups is 1. The number of carbonyl (C=O) groups is 2. The molecule has 0 radical (unpaired) electrons. The van der Waals surface area contributed by atoms with Crippen molar-refractivity contribution >= 4 is 68.1 Å². The summed E-state index contributed by atoms with van der Waals surface area (Å²) in [7, 11) is 0. The van der Waals surface area contributed by atoms with Gasteiger partial charge in [0.05, 0.1) is 14.4 Å². The first-order chi connectivity index (χ1) is 16.4. The molecule has 34 heavy (non-hydrogen) atoms. The van der Waals surface area contributed by atoms with E-state index in [-0.39, 0.29) is 11.1 Å². The summed E-state index contributed by atoms with van der Waals surface area (Å²) in [6.07, 6.45) is 3.20. The number of hydrogen-bond donors (Lipinski definition) is 0. The molecular weight excluding hydrogens is 557 g/mol. The van der Waals surface area contributed by atoms with Gasteiger partial charge in [0.1, 0.15) is 6.61 Å². The van der Waals surface area contributed by atoms with Crippen LogP contribution in [0.4, 0.5) is 4.79 Å². The monoisotopic (exact) mass is 575 g/mol. The van der Waals surface area contributed by atoms with Crippen LogP contribution in [0.5, 0.6) is 5.75 Å². The molecule has 1 fully saturated rings. The molecule has 0 unspecified atom stereocenters. The Morgan fingerprint density at radius 3 is 2.41 bits per heavy atom. The van der Waals surface area contributed by atoms with Gasteiger partial charge < -0.3 is 4.74 Å². The number of benzene rings is 3. The summed E-state index contributed by atoms with van der Waals surface area (Å²) in [6, 6.07) is 20.9. The average Bonchev–Trinajstić information content (AvgIpc) is 3.07. The van der Waals surface area contributed by atoms with Gasteiger partial charge in [0.2, 0.25) is 0 Å². The van der Waals surface area contributed by atoms with Gasteiger partial charge in [-0.15, -0.1) is 0 Å². The lowest BCUT2D eigenvalue weighted by Crippen LogP contribution is -2.29. The van der Waals surface area contributed by atoms with Gasteiger partial charge in [-0.2, -0.15) is 0 Å². The van der Waals surface area contributed by atoms with E-state index in [4.69, 9.17) is 27.9 Å². The van der Waals surface area contributed by atoms with Crippen LogP contribution < -0.4 is 4.74 Å². The summed E-state index contributed by atoms with van der Waals surface area (Å²) < 4.78 is 6.53. The summed E-state index contributed by atoms with van der Waals surface area (Å²) in [5.41, 5.74) is 2.84. The lowest BCUT2D eigenvalue weighted by Gasteiger charge is -2.12. The summed E-state index contributed by atoms with van der Waals surface area (Å²) in [5, 5.41) is 0.807. The van der Waals surface area contributed by atoms with Crippen LogP contribution in [0.3, 0.4) is 0 Å². The molecule has 1 heterocycles. The second-order valence-electron chi connectivity index (χ2n) is 7.65. The van der Waals surface area contributed by atoms with E-state index < -0.39 is 0 Å². The van der Waals surface area contributed by atoms with Crippen molar-refractivity contribution in [2.45, 2.75) is 19.4 Å². The number of ether oxygens (including phenoxy) is 1. The minimum Gasteiger partial charge on any atom is -0.486 e. The van der Waals surface area contributed by atoms with Crippen LogP contribution in [-0.4, -0.2) is 22.6 Å². The van der Waals surface area contributed by atoms with Crippen LogP contribution in [0.1, 0.15) is 23.1 Å². The van der Waals surface area contributed by atoms with Gasteiger partial charge in [0.25, 0.3) is 11.1 Å². The highest BCUT2D eigenvalue weighted by Crippen LogP contribution is 2.38. The van der Waals surface area contributed by atoms with Crippen molar-refractivity contribution in [2.24, 2.45) is 0 Å². The van der Waals surface area contributed by atoms with Crippen LogP contribution in [0.2, 0.25) is 10.0 Å². The van der Waals surface area contributed by atoms with Crippen molar-refractivity contribution in [3.63, 3.8) is 0 Å². The molecule has 0 atom stereocenters. The van der Waals surface area contributed by atoms with E-state index >= 15 is 0 Å². The van der Waals surface area contributed by atoms with E-state index in [2.05, 4.69) is 15.9 Å². The molecule has 3 aromatic carbocycles. The van der Waals surface area contributed by atoms with Crippen molar-refractivity contribution in [1.29, 1.82) is 0 Å². The van der Waals surface area contributed by atoms with Crippen LogP contribution in [0.25, 0.3) is 6.08 Å². The average molecular weight is 577 g/mol. The molecule has 0 bridgehead atoms. The highest BCUT2D eigenvalue weighted by molar-refractivity contribution is 9.10. The fourth-order valence-electron chi connectivity index (χ4n) is 3.47. The van der Waals surface area contributed by atoms with E-state index in [1.54, 1.807) is 24.3 Å². The van der Waals surface area contributed by atoms with E-state index in [1.165, 1.54) is 10.5 Å². The molecule has 1 saturated heterocycles. The van der Waals surface area contributed by atoms with Crippen molar-refractivity contribution < 1.29 is 14.3 Å². The molecule has 0 saturated carbocycles. The van der Waals surface area contributed by atoms with Gasteiger partial charge in [-0.1, -0.05) is 65.7 Å². The molecule has 0 aromatic heterocycles. The maximum Gasteiger partial charge on any atom is 0.293 e. The topological polar surface area (TPSA) is 46.6 Å². The van der Waals surface area contributed by atoms with Crippen LogP contribution in [0, 0.1) is 0 Å². The van der Waals surface area contributed by atoms with E-state index in [9.17, 15) is 9.59 Å². The molecule has 3 aromatic rings. The first kappa shape index (κ1) is 24.9. The fraction of sp³-hybridized carbons (Fsp3) is 0.154. The molecule has 0 spiro atoms. The minimum absolute atomic E-state index is 0.252. The molecule has 2 amide bonds. The number of carbonyl (C=O) groups excluding carboxylic acids is 2. The third-order valence-electron chi connectivity index (χ3n) is 5.18. The number of hydrogen-bond acceptors (Lipinski definition) is 4. The lowest BCUT2D eigenvalue weighted by molar-refractivity contribution is -0.122. The van der Waals surface area contributed by atoms with Gasteiger partial charge in [-0.3, -0.25) is 14.5 Å². The van der Waals surface area contributed by atoms with Crippen molar-refractivity contribution in [2.75, 3.05) is 6.54 Å². The number of aryl methyl sites for hydroxylation is 1. The quantitative estimate of drug-likeness (QED) is 0.255. The Balaban J connectivity index is 1.41. The fourth-order valence-corrected chi connectivity index (χ4v) is 5.45. The van der Waals surface area contributed by atoms with Gasteiger partial charge in [0, 0.05) is 11.6 Å². The number of rotatable bonds is 8. The first-order valence-corrected chi connectivity index (χ1v) is 12.9. The second-order valence-corrected chi connectivity index (χ2v) is 10.3. The van der Waals surface area contributed by atoms with Gasteiger partial charge in [0.15, 0.2) is 5.75 Å².